The predicted molar refractivity (Wildman–Crippen MR) is 86.6 cm³/mol. The van der Waals surface area contributed by atoms with Crippen molar-refractivity contribution >= 4 is 12.1 Å². The molecule has 0 aromatic carbocycles. The van der Waals surface area contributed by atoms with E-state index >= 15 is 0 Å². The monoisotopic (exact) mass is 377 g/mol. The fourth-order valence-corrected chi connectivity index (χ4v) is 2.65. The molecule has 1 aromatic rings. The molecule has 0 bridgehead atoms. The summed E-state index contributed by atoms with van der Waals surface area (Å²) in [7, 11) is 0. The number of alkyl halides is 2. The van der Waals surface area contributed by atoms with Gasteiger partial charge in [0.1, 0.15) is 11.6 Å². The van der Waals surface area contributed by atoms with Crippen molar-refractivity contribution in [1.82, 2.24) is 15.2 Å². The standard InChI is InChI=1S/C17H23F2N3O4.Li/c1-16(2,3)26-15(25)21-13-10-22(7-5-17(13,18)19)9-11-4-6-20-12(8-11)14(23)24;/h4,6,8,13H,5,7,9-10H2,1-3H3,(H,21,25)(H,23,24);/q;+1/p-1/t13-;/m0./s1. The second-order valence-electron chi connectivity index (χ2n) is 7.28. The Kier molecular flexibility index (Phi) is 7.78. The van der Waals surface area contributed by atoms with E-state index in [2.05, 4.69) is 10.3 Å². The number of carboxylic acid groups (broad SMARTS) is 1. The smallest absolute Gasteiger partial charge is 0.543 e. The Labute approximate surface area is 168 Å². The van der Waals surface area contributed by atoms with E-state index in [9.17, 15) is 23.5 Å². The fourth-order valence-electron chi connectivity index (χ4n) is 2.65. The number of alkyl carbamates (subject to hydrolysis) is 1. The van der Waals surface area contributed by atoms with Crippen LogP contribution in [0.5, 0.6) is 0 Å². The fraction of sp³-hybridized carbons (Fsp3) is 0.588. The number of nitrogens with one attached hydrogen (secondary N) is 1. The van der Waals surface area contributed by atoms with Crippen molar-refractivity contribution in [3.05, 3.63) is 29.6 Å². The second kappa shape index (κ2) is 9.00. The molecule has 0 radical (unpaired) electrons. The van der Waals surface area contributed by atoms with Gasteiger partial charge < -0.3 is 20.0 Å². The summed E-state index contributed by atoms with van der Waals surface area (Å²) < 4.78 is 33.3. The number of aromatic nitrogens is 1. The van der Waals surface area contributed by atoms with Crippen LogP contribution in [0.1, 0.15) is 43.2 Å². The van der Waals surface area contributed by atoms with E-state index < -0.39 is 36.0 Å². The Balaban J connectivity index is 0.00000364. The molecule has 1 N–H and O–H groups in total. The van der Waals surface area contributed by atoms with Gasteiger partial charge in [-0.1, -0.05) is 0 Å². The zero-order valence-electron chi connectivity index (χ0n) is 15.9. The van der Waals surface area contributed by atoms with Gasteiger partial charge in [-0.3, -0.25) is 9.88 Å². The predicted octanol–water partition coefficient (Wildman–Crippen LogP) is -1.82. The minimum absolute atomic E-state index is 0. The SMILES string of the molecule is CC(C)(C)OC(=O)N[C@H]1CN(Cc2ccnc(C(=O)[O-])c2)CCC1(F)F.[Li+]. The van der Waals surface area contributed by atoms with Gasteiger partial charge in [-0.25, -0.2) is 13.6 Å². The van der Waals surface area contributed by atoms with Crippen molar-refractivity contribution in [3.63, 3.8) is 0 Å². The van der Waals surface area contributed by atoms with E-state index in [1.807, 2.05) is 0 Å². The van der Waals surface area contributed by atoms with Gasteiger partial charge in [0, 0.05) is 32.3 Å². The van der Waals surface area contributed by atoms with Crippen LogP contribution < -0.4 is 29.3 Å². The maximum Gasteiger partial charge on any atom is 1.00 e. The third-order valence-electron chi connectivity index (χ3n) is 3.84. The van der Waals surface area contributed by atoms with E-state index in [0.29, 0.717) is 5.56 Å². The summed E-state index contributed by atoms with van der Waals surface area (Å²) in [5.74, 6) is -4.46. The summed E-state index contributed by atoms with van der Waals surface area (Å²) in [5, 5.41) is 13.1. The number of pyridine rings is 1. The Hall–Kier alpha value is -1.69. The summed E-state index contributed by atoms with van der Waals surface area (Å²) in [4.78, 5) is 28.1. The molecular formula is C17H22F2LiN3O4. The van der Waals surface area contributed by atoms with Crippen molar-refractivity contribution in [2.75, 3.05) is 13.1 Å². The van der Waals surface area contributed by atoms with Gasteiger partial charge >= 0.3 is 25.0 Å². The molecule has 0 unspecified atom stereocenters. The van der Waals surface area contributed by atoms with Crippen LogP contribution in [0.15, 0.2) is 18.3 Å². The maximum atomic E-state index is 14.2. The molecule has 1 saturated heterocycles. The quantitative estimate of drug-likeness (QED) is 0.622. The number of rotatable bonds is 4. The Morgan fingerprint density at radius 1 is 1.44 bits per heavy atom. The van der Waals surface area contributed by atoms with Gasteiger partial charge in [-0.15, -0.1) is 0 Å². The van der Waals surface area contributed by atoms with Gasteiger partial charge in [0.15, 0.2) is 0 Å². The average Bonchev–Trinajstić information content (AvgIpc) is 2.49. The molecule has 1 fully saturated rings. The van der Waals surface area contributed by atoms with Crippen LogP contribution in [0.2, 0.25) is 0 Å². The van der Waals surface area contributed by atoms with Crippen LogP contribution in [0.3, 0.4) is 0 Å². The molecule has 2 heterocycles. The first-order chi connectivity index (χ1) is 12.0. The number of nitrogens with zero attached hydrogens (tertiary/aromatic N) is 2. The number of hydrogen-bond donors (Lipinski definition) is 1. The van der Waals surface area contributed by atoms with Crippen LogP contribution in [0.4, 0.5) is 13.6 Å². The van der Waals surface area contributed by atoms with Crippen molar-refractivity contribution < 1.29 is 47.1 Å². The number of carbonyl (C=O) groups is 2. The maximum absolute atomic E-state index is 14.2. The minimum Gasteiger partial charge on any atom is -0.543 e. The van der Waals surface area contributed by atoms with Crippen LogP contribution in [0.25, 0.3) is 0 Å². The molecule has 1 atom stereocenters. The molecule has 1 amide bonds. The largest absolute Gasteiger partial charge is 1.00 e. The molecule has 27 heavy (non-hydrogen) atoms. The number of carbonyl (C=O) groups excluding carboxylic acids is 2. The van der Waals surface area contributed by atoms with Crippen molar-refractivity contribution in [1.29, 1.82) is 0 Å². The molecule has 1 aliphatic rings. The first-order valence-electron chi connectivity index (χ1n) is 8.22. The number of piperidine rings is 1. The molecule has 2 rings (SSSR count). The van der Waals surface area contributed by atoms with E-state index in [-0.39, 0.29) is 44.2 Å². The molecule has 7 nitrogen and oxygen atoms in total. The molecule has 144 valence electrons. The van der Waals surface area contributed by atoms with Crippen molar-refractivity contribution in [2.45, 2.75) is 51.3 Å². The van der Waals surface area contributed by atoms with Gasteiger partial charge in [0.05, 0.1) is 11.7 Å². The zero-order valence-corrected chi connectivity index (χ0v) is 15.9. The van der Waals surface area contributed by atoms with Crippen LogP contribution in [-0.4, -0.2) is 52.6 Å². The van der Waals surface area contributed by atoms with Gasteiger partial charge in [-0.2, -0.15) is 0 Å². The number of hydrogen-bond acceptors (Lipinski definition) is 6. The molecular weight excluding hydrogens is 355 g/mol. The number of likely N-dealkylation sites (tertiary alicyclic amines) is 1. The van der Waals surface area contributed by atoms with Gasteiger partial charge in [0.2, 0.25) is 0 Å². The minimum atomic E-state index is -3.05. The Morgan fingerprint density at radius 3 is 2.70 bits per heavy atom. The van der Waals surface area contributed by atoms with E-state index in [4.69, 9.17) is 4.74 Å². The van der Waals surface area contributed by atoms with Crippen LogP contribution in [0, 0.1) is 0 Å². The third kappa shape index (κ3) is 7.09. The number of halogens is 2. The molecule has 1 aliphatic heterocycles. The first-order valence-corrected chi connectivity index (χ1v) is 8.22. The van der Waals surface area contributed by atoms with E-state index in [0.717, 1.165) is 0 Å². The van der Waals surface area contributed by atoms with E-state index in [1.165, 1.54) is 12.3 Å². The van der Waals surface area contributed by atoms with E-state index in [1.54, 1.807) is 31.7 Å². The number of amides is 1. The van der Waals surface area contributed by atoms with Gasteiger partial charge in [-0.05, 0) is 38.5 Å². The number of aromatic carboxylic acids is 1. The third-order valence-corrected chi connectivity index (χ3v) is 3.84. The topological polar surface area (TPSA) is 94.6 Å². The summed E-state index contributed by atoms with van der Waals surface area (Å²) in [6.45, 7) is 5.23. The summed E-state index contributed by atoms with van der Waals surface area (Å²) in [6.07, 6.45) is 0.00797. The van der Waals surface area contributed by atoms with Gasteiger partial charge in [0.25, 0.3) is 5.92 Å². The Bertz CT molecular complexity index is 682. The number of ether oxygens (including phenoxy) is 1. The molecule has 0 aliphatic carbocycles. The molecule has 1 aromatic heterocycles. The molecule has 0 saturated carbocycles. The van der Waals surface area contributed by atoms with Crippen LogP contribution >= 0.6 is 0 Å². The second-order valence-corrected chi connectivity index (χ2v) is 7.28. The zero-order chi connectivity index (χ0) is 19.5. The number of carboxylic acids is 1. The summed E-state index contributed by atoms with van der Waals surface area (Å²) in [5.41, 5.74) is -0.389. The first kappa shape index (κ1) is 23.3. The average molecular weight is 377 g/mol. The van der Waals surface area contributed by atoms with Crippen molar-refractivity contribution in [3.8, 4) is 0 Å². The van der Waals surface area contributed by atoms with Crippen LogP contribution in [-0.2, 0) is 11.3 Å². The normalized spacial score (nSPS) is 19.7. The molecule has 0 spiro atoms. The van der Waals surface area contributed by atoms with Crippen molar-refractivity contribution in [2.24, 2.45) is 0 Å². The summed E-state index contributed by atoms with van der Waals surface area (Å²) >= 11 is 0. The molecule has 10 heteroatoms. The summed E-state index contributed by atoms with van der Waals surface area (Å²) in [6, 6.07) is 1.56. The Morgan fingerprint density at radius 2 is 2.11 bits per heavy atom.